The topological polar surface area (TPSA) is 83.6 Å². The summed E-state index contributed by atoms with van der Waals surface area (Å²) in [4.78, 5) is 20.8. The van der Waals surface area contributed by atoms with Gasteiger partial charge in [-0.15, -0.1) is 0 Å². The molecule has 2 heterocycles. The fraction of sp³-hybridized carbons (Fsp3) is 0.455. The molecule has 0 aliphatic rings. The van der Waals surface area contributed by atoms with E-state index in [4.69, 9.17) is 5.11 Å². The number of anilines is 1. The van der Waals surface area contributed by atoms with Crippen molar-refractivity contribution in [3.05, 3.63) is 18.1 Å². The lowest BCUT2D eigenvalue weighted by Crippen LogP contribution is -2.22. The fourth-order valence-electron chi connectivity index (χ4n) is 1.77. The number of aliphatic carboxylic acids is 1. The first-order chi connectivity index (χ1) is 8.58. The number of aryl methyl sites for hydroxylation is 1. The zero-order chi connectivity index (χ0) is 13.1. The Kier molecular flexibility index (Phi) is 3.40. The van der Waals surface area contributed by atoms with Crippen LogP contribution in [0, 0.1) is 6.92 Å². The first-order valence-corrected chi connectivity index (χ1v) is 5.68. The summed E-state index contributed by atoms with van der Waals surface area (Å²) in [5.41, 5.74) is 0.857. The number of rotatable bonds is 5. The first-order valence-electron chi connectivity index (χ1n) is 5.68. The molecule has 18 heavy (non-hydrogen) atoms. The van der Waals surface area contributed by atoms with Crippen LogP contribution in [0.25, 0.3) is 5.78 Å². The summed E-state index contributed by atoms with van der Waals surface area (Å²) in [7, 11) is 1.90. The molecule has 0 aliphatic carbocycles. The minimum atomic E-state index is -0.778. The minimum Gasteiger partial charge on any atom is -0.481 e. The van der Waals surface area contributed by atoms with E-state index in [1.165, 1.54) is 6.33 Å². The molecule has 0 radical (unpaired) electrons. The van der Waals surface area contributed by atoms with Gasteiger partial charge < -0.3 is 10.0 Å². The molecule has 2 aromatic rings. The molecule has 0 fully saturated rings. The summed E-state index contributed by atoms with van der Waals surface area (Å²) >= 11 is 0. The maximum absolute atomic E-state index is 10.5. The molecule has 0 aliphatic heterocycles. The molecule has 0 aromatic carbocycles. The van der Waals surface area contributed by atoms with Gasteiger partial charge in [0.2, 0.25) is 0 Å². The number of carboxylic acid groups (broad SMARTS) is 1. The Hall–Kier alpha value is -2.18. The maximum atomic E-state index is 10.5. The van der Waals surface area contributed by atoms with Crippen LogP contribution in [0.1, 0.15) is 18.5 Å². The Labute approximate surface area is 104 Å². The van der Waals surface area contributed by atoms with Gasteiger partial charge in [0.25, 0.3) is 5.78 Å². The standard InChI is InChI=1S/C11H15N5O2/c1-8-6-9(15(2)5-3-4-10(17)18)16-11(14-8)12-7-13-16/h6-7H,3-5H2,1-2H3,(H,17,18). The zero-order valence-corrected chi connectivity index (χ0v) is 10.4. The van der Waals surface area contributed by atoms with Gasteiger partial charge in [0, 0.05) is 31.8 Å². The van der Waals surface area contributed by atoms with Crippen LogP contribution in [-0.2, 0) is 4.79 Å². The van der Waals surface area contributed by atoms with Gasteiger partial charge in [0.15, 0.2) is 0 Å². The second kappa shape index (κ2) is 4.99. The van der Waals surface area contributed by atoms with Crippen molar-refractivity contribution in [3.63, 3.8) is 0 Å². The molecule has 2 rings (SSSR count). The van der Waals surface area contributed by atoms with Gasteiger partial charge in [-0.3, -0.25) is 4.79 Å². The number of fused-ring (bicyclic) bond motifs is 1. The number of nitrogens with zero attached hydrogens (tertiary/aromatic N) is 5. The van der Waals surface area contributed by atoms with E-state index in [-0.39, 0.29) is 6.42 Å². The third kappa shape index (κ3) is 2.55. The van der Waals surface area contributed by atoms with Crippen molar-refractivity contribution in [1.82, 2.24) is 19.6 Å². The molecule has 0 atom stereocenters. The van der Waals surface area contributed by atoms with Crippen LogP contribution in [0.2, 0.25) is 0 Å². The van der Waals surface area contributed by atoms with Crippen LogP contribution >= 0.6 is 0 Å². The largest absolute Gasteiger partial charge is 0.481 e. The molecule has 0 saturated heterocycles. The average Bonchev–Trinajstić information content (AvgIpc) is 2.74. The molecule has 0 unspecified atom stereocenters. The van der Waals surface area contributed by atoms with Crippen LogP contribution in [-0.4, -0.2) is 44.3 Å². The summed E-state index contributed by atoms with van der Waals surface area (Å²) in [5.74, 6) is 0.635. The normalized spacial score (nSPS) is 10.8. The second-order valence-electron chi connectivity index (χ2n) is 4.15. The van der Waals surface area contributed by atoms with E-state index in [1.54, 1.807) is 4.52 Å². The lowest BCUT2D eigenvalue weighted by Gasteiger charge is -2.19. The van der Waals surface area contributed by atoms with E-state index >= 15 is 0 Å². The summed E-state index contributed by atoms with van der Waals surface area (Å²) in [5, 5.41) is 12.7. The highest BCUT2D eigenvalue weighted by atomic mass is 16.4. The highest BCUT2D eigenvalue weighted by molar-refractivity contribution is 5.66. The molecule has 0 spiro atoms. The number of carboxylic acids is 1. The molecule has 1 N–H and O–H groups in total. The molecule has 7 heteroatoms. The molecule has 0 saturated carbocycles. The van der Waals surface area contributed by atoms with Crippen molar-refractivity contribution >= 4 is 17.6 Å². The van der Waals surface area contributed by atoms with Crippen molar-refractivity contribution in [2.45, 2.75) is 19.8 Å². The van der Waals surface area contributed by atoms with Gasteiger partial charge in [-0.05, 0) is 13.3 Å². The van der Waals surface area contributed by atoms with Gasteiger partial charge in [-0.2, -0.15) is 14.6 Å². The Morgan fingerprint density at radius 1 is 1.56 bits per heavy atom. The van der Waals surface area contributed by atoms with E-state index in [9.17, 15) is 4.79 Å². The monoisotopic (exact) mass is 249 g/mol. The van der Waals surface area contributed by atoms with Gasteiger partial charge in [-0.1, -0.05) is 0 Å². The van der Waals surface area contributed by atoms with E-state index in [0.29, 0.717) is 18.7 Å². The summed E-state index contributed by atoms with van der Waals surface area (Å²) in [6, 6.07) is 1.91. The third-order valence-electron chi connectivity index (χ3n) is 2.64. The number of carbonyl (C=O) groups is 1. The molecular weight excluding hydrogens is 234 g/mol. The fourth-order valence-corrected chi connectivity index (χ4v) is 1.77. The smallest absolute Gasteiger partial charge is 0.303 e. The van der Waals surface area contributed by atoms with Gasteiger partial charge >= 0.3 is 5.97 Å². The van der Waals surface area contributed by atoms with Crippen molar-refractivity contribution in [2.24, 2.45) is 0 Å². The molecule has 2 aromatic heterocycles. The predicted molar refractivity (Wildman–Crippen MR) is 65.7 cm³/mol. The predicted octanol–water partition coefficient (Wildman–Crippen LogP) is 0.734. The van der Waals surface area contributed by atoms with E-state index in [0.717, 1.165) is 11.5 Å². The number of hydrogen-bond donors (Lipinski definition) is 1. The van der Waals surface area contributed by atoms with Crippen LogP contribution in [0.5, 0.6) is 0 Å². The quantitative estimate of drug-likeness (QED) is 0.841. The highest BCUT2D eigenvalue weighted by Gasteiger charge is 2.10. The van der Waals surface area contributed by atoms with Crippen molar-refractivity contribution in [1.29, 1.82) is 0 Å². The highest BCUT2D eigenvalue weighted by Crippen LogP contribution is 2.14. The van der Waals surface area contributed by atoms with Crippen LogP contribution in [0.15, 0.2) is 12.4 Å². The van der Waals surface area contributed by atoms with Gasteiger partial charge in [0.1, 0.15) is 12.1 Å². The zero-order valence-electron chi connectivity index (χ0n) is 10.4. The molecule has 7 nitrogen and oxygen atoms in total. The summed E-state index contributed by atoms with van der Waals surface area (Å²) in [6.07, 6.45) is 2.20. The lowest BCUT2D eigenvalue weighted by molar-refractivity contribution is -0.137. The van der Waals surface area contributed by atoms with E-state index in [1.807, 2.05) is 24.9 Å². The van der Waals surface area contributed by atoms with E-state index < -0.39 is 5.97 Å². The molecule has 96 valence electrons. The maximum Gasteiger partial charge on any atom is 0.303 e. The summed E-state index contributed by atoms with van der Waals surface area (Å²) < 4.78 is 1.65. The van der Waals surface area contributed by atoms with Gasteiger partial charge in [0.05, 0.1) is 0 Å². The number of aromatic nitrogens is 4. The SMILES string of the molecule is Cc1cc(N(C)CCCC(=O)O)n2ncnc2n1. The second-order valence-corrected chi connectivity index (χ2v) is 4.15. The molecular formula is C11H15N5O2. The van der Waals surface area contributed by atoms with Crippen molar-refractivity contribution in [2.75, 3.05) is 18.5 Å². The molecule has 0 bridgehead atoms. The Morgan fingerprint density at radius 3 is 3.06 bits per heavy atom. The average molecular weight is 249 g/mol. The first kappa shape index (κ1) is 12.3. The third-order valence-corrected chi connectivity index (χ3v) is 2.64. The van der Waals surface area contributed by atoms with Gasteiger partial charge in [-0.25, -0.2) is 4.98 Å². The van der Waals surface area contributed by atoms with Crippen LogP contribution in [0.3, 0.4) is 0 Å². The van der Waals surface area contributed by atoms with Crippen LogP contribution < -0.4 is 4.90 Å². The minimum absolute atomic E-state index is 0.162. The summed E-state index contributed by atoms with van der Waals surface area (Å²) in [6.45, 7) is 2.54. The van der Waals surface area contributed by atoms with E-state index in [2.05, 4.69) is 15.1 Å². The Balaban J connectivity index is 2.18. The number of hydrogen-bond acceptors (Lipinski definition) is 5. The Bertz CT molecular complexity index is 566. The van der Waals surface area contributed by atoms with Crippen molar-refractivity contribution in [3.8, 4) is 0 Å². The Morgan fingerprint density at radius 2 is 2.33 bits per heavy atom. The van der Waals surface area contributed by atoms with Crippen molar-refractivity contribution < 1.29 is 9.90 Å². The lowest BCUT2D eigenvalue weighted by atomic mass is 10.3. The molecule has 0 amide bonds. The van der Waals surface area contributed by atoms with Crippen LogP contribution in [0.4, 0.5) is 5.82 Å².